The molecule has 1 aliphatic carbocycles. The fourth-order valence-corrected chi connectivity index (χ4v) is 5.40. The van der Waals surface area contributed by atoms with Gasteiger partial charge in [0.15, 0.2) is 0 Å². The van der Waals surface area contributed by atoms with E-state index in [1.807, 2.05) is 0 Å². The van der Waals surface area contributed by atoms with Crippen LogP contribution < -0.4 is 5.32 Å². The highest BCUT2D eigenvalue weighted by molar-refractivity contribution is 5.89. The summed E-state index contributed by atoms with van der Waals surface area (Å²) in [4.78, 5) is 24.6. The lowest BCUT2D eigenvalue weighted by Gasteiger charge is -2.42. The molecule has 1 saturated carbocycles. The predicted octanol–water partition coefficient (Wildman–Crippen LogP) is 4.33. The molecule has 0 radical (unpaired) electrons. The van der Waals surface area contributed by atoms with Crippen molar-refractivity contribution in [3.8, 4) is 0 Å². The maximum absolute atomic E-state index is 12.7. The van der Waals surface area contributed by atoms with Crippen LogP contribution in [-0.4, -0.2) is 61.9 Å². The summed E-state index contributed by atoms with van der Waals surface area (Å²) in [5.41, 5.74) is 1.89. The molecule has 3 aliphatic rings. The molecule has 36 heavy (non-hydrogen) atoms. The van der Waals surface area contributed by atoms with Crippen LogP contribution >= 0.6 is 0 Å². The first-order valence-electron chi connectivity index (χ1n) is 12.5. The number of epoxide rings is 2. The number of hydrogen-bond donors (Lipinski definition) is 1. The van der Waals surface area contributed by atoms with Gasteiger partial charge in [-0.25, -0.2) is 9.59 Å². The van der Waals surface area contributed by atoms with Gasteiger partial charge in [-0.05, 0) is 57.7 Å². The van der Waals surface area contributed by atoms with E-state index in [9.17, 15) is 9.59 Å². The summed E-state index contributed by atoms with van der Waals surface area (Å²) in [5.74, 6) is -0.439. The van der Waals surface area contributed by atoms with Crippen LogP contribution in [0.25, 0.3) is 0 Å². The lowest BCUT2D eigenvalue weighted by Crippen LogP contribution is -2.56. The zero-order chi connectivity index (χ0) is 25.9. The molecule has 1 aromatic carbocycles. The summed E-state index contributed by atoms with van der Waals surface area (Å²) in [6.07, 6.45) is 4.88. The van der Waals surface area contributed by atoms with Crippen LogP contribution in [0, 0.1) is 5.92 Å². The van der Waals surface area contributed by atoms with Crippen LogP contribution in [0.2, 0.25) is 0 Å². The molecule has 4 rings (SSSR count). The average molecular weight is 500 g/mol. The Balaban J connectivity index is 1.34. The van der Waals surface area contributed by atoms with E-state index in [4.69, 9.17) is 23.7 Å². The Morgan fingerprint density at radius 2 is 1.97 bits per heavy atom. The highest BCUT2D eigenvalue weighted by Gasteiger charge is 2.72. The second-order valence-electron chi connectivity index (χ2n) is 10.3. The number of carbonyl (C=O) groups is 2. The third kappa shape index (κ3) is 5.66. The van der Waals surface area contributed by atoms with E-state index >= 15 is 0 Å². The molecule has 1 aromatic rings. The number of amides is 1. The Bertz CT molecular complexity index is 996. The van der Waals surface area contributed by atoms with Gasteiger partial charge in [-0.3, -0.25) is 0 Å². The maximum atomic E-state index is 12.7. The van der Waals surface area contributed by atoms with Crippen molar-refractivity contribution in [2.75, 3.05) is 20.3 Å². The lowest BCUT2D eigenvalue weighted by molar-refractivity contribution is -0.118. The van der Waals surface area contributed by atoms with Gasteiger partial charge in [0, 0.05) is 13.7 Å². The van der Waals surface area contributed by atoms with E-state index in [0.717, 1.165) is 18.4 Å². The van der Waals surface area contributed by atoms with Crippen LogP contribution in [0.5, 0.6) is 0 Å². The van der Waals surface area contributed by atoms with Crippen LogP contribution in [0.4, 0.5) is 4.79 Å². The predicted molar refractivity (Wildman–Crippen MR) is 134 cm³/mol. The Morgan fingerprint density at radius 1 is 1.25 bits per heavy atom. The number of rotatable bonds is 10. The molecule has 1 spiro atoms. The van der Waals surface area contributed by atoms with Crippen molar-refractivity contribution in [3.63, 3.8) is 0 Å². The van der Waals surface area contributed by atoms with Gasteiger partial charge in [0.05, 0.1) is 24.2 Å². The molecule has 196 valence electrons. The molecule has 8 heteroatoms. The monoisotopic (exact) mass is 499 g/mol. The van der Waals surface area contributed by atoms with Gasteiger partial charge >= 0.3 is 12.1 Å². The molecule has 3 fully saturated rings. The van der Waals surface area contributed by atoms with Gasteiger partial charge in [-0.1, -0.05) is 36.4 Å². The fourth-order valence-electron chi connectivity index (χ4n) is 5.40. The molecule has 0 bridgehead atoms. The van der Waals surface area contributed by atoms with Gasteiger partial charge in [0.2, 0.25) is 0 Å². The number of esters is 1. The first-order valence-corrected chi connectivity index (χ1v) is 12.5. The van der Waals surface area contributed by atoms with Crippen molar-refractivity contribution in [2.45, 2.75) is 76.1 Å². The summed E-state index contributed by atoms with van der Waals surface area (Å²) in [5, 5.41) is 2.80. The smallest absolute Gasteiger partial charge is 0.407 e. The van der Waals surface area contributed by atoms with Crippen LogP contribution in [0.15, 0.2) is 48.6 Å². The maximum Gasteiger partial charge on any atom is 0.407 e. The van der Waals surface area contributed by atoms with Gasteiger partial charge < -0.3 is 29.0 Å². The first kappa shape index (κ1) is 26.4. The number of carbonyl (C=O) groups excluding carboxylic acids is 2. The second kappa shape index (κ2) is 10.7. The molecule has 0 aromatic heterocycles. The van der Waals surface area contributed by atoms with E-state index in [2.05, 4.69) is 38.7 Å². The van der Waals surface area contributed by atoms with E-state index in [1.165, 1.54) is 11.6 Å². The number of allylic oxidation sites excluding steroid dienone is 1. The van der Waals surface area contributed by atoms with Crippen molar-refractivity contribution < 1.29 is 33.3 Å². The van der Waals surface area contributed by atoms with Crippen LogP contribution in [0.3, 0.4) is 0 Å². The number of benzene rings is 1. The molecule has 8 nitrogen and oxygen atoms in total. The summed E-state index contributed by atoms with van der Waals surface area (Å²) in [6.45, 7) is 10.9. The van der Waals surface area contributed by atoms with Crippen LogP contribution in [0.1, 0.15) is 56.0 Å². The number of nitrogens with one attached hydrogen (secondary N) is 1. The zero-order valence-electron chi connectivity index (χ0n) is 21.6. The minimum atomic E-state index is -0.508. The minimum absolute atomic E-state index is 0.0227. The van der Waals surface area contributed by atoms with Crippen LogP contribution in [-0.2, 0) is 30.2 Å². The standard InChI is InChI=1S/C28H37NO7/c1-6-15-33-25(30)20-10-8-19(9-11-20)16-29-26(31)35-21-13-14-28(17-34-28)24(23(21)32-5)27(4)22(36-27)12-7-18(2)3/h6-11,21-24H,1,12-17H2,2-5H3,(H,29,31)/t21-,22-,23-,24-,27?,28+/m1/s1. The van der Waals surface area contributed by atoms with Gasteiger partial charge in [0.25, 0.3) is 0 Å². The Kier molecular flexibility index (Phi) is 7.87. The molecule has 1 amide bonds. The number of hydrogen-bond acceptors (Lipinski definition) is 7. The molecule has 2 aliphatic heterocycles. The van der Waals surface area contributed by atoms with Crippen molar-refractivity contribution in [2.24, 2.45) is 5.92 Å². The third-order valence-corrected chi connectivity index (χ3v) is 7.45. The largest absolute Gasteiger partial charge is 0.458 e. The van der Waals surface area contributed by atoms with E-state index < -0.39 is 18.2 Å². The third-order valence-electron chi connectivity index (χ3n) is 7.45. The Morgan fingerprint density at radius 3 is 2.58 bits per heavy atom. The molecule has 1 N–H and O–H groups in total. The SMILES string of the molecule is C=CCOC(=O)c1ccc(CNC(=O)O[C@@H]2CC[C@]3(CO3)[C@@H](C3(C)O[C@@H]3CC=C(C)C)[C@@H]2OC)cc1. The van der Waals surface area contributed by atoms with Crippen molar-refractivity contribution in [3.05, 3.63) is 59.7 Å². The van der Waals surface area contributed by atoms with Gasteiger partial charge in [-0.2, -0.15) is 0 Å². The molecular weight excluding hydrogens is 462 g/mol. The summed E-state index contributed by atoms with van der Waals surface area (Å²) in [7, 11) is 1.66. The topological polar surface area (TPSA) is 98.9 Å². The molecule has 6 atom stereocenters. The number of methoxy groups -OCH3 is 1. The fraction of sp³-hybridized carbons (Fsp3) is 0.571. The van der Waals surface area contributed by atoms with E-state index in [-0.39, 0.29) is 42.5 Å². The summed E-state index contributed by atoms with van der Waals surface area (Å²) < 4.78 is 29.0. The van der Waals surface area contributed by atoms with Crippen molar-refractivity contribution in [1.82, 2.24) is 5.32 Å². The number of alkyl carbamates (subject to hydrolysis) is 1. The van der Waals surface area contributed by atoms with Crippen molar-refractivity contribution in [1.29, 1.82) is 0 Å². The minimum Gasteiger partial charge on any atom is -0.458 e. The first-order chi connectivity index (χ1) is 17.2. The lowest BCUT2D eigenvalue weighted by atomic mass is 9.68. The summed E-state index contributed by atoms with van der Waals surface area (Å²) in [6, 6.07) is 6.87. The molecule has 1 unspecified atom stereocenters. The average Bonchev–Trinajstić information content (AvgIpc) is 3.78. The Hall–Kier alpha value is -2.68. The summed E-state index contributed by atoms with van der Waals surface area (Å²) >= 11 is 0. The molecule has 2 saturated heterocycles. The highest BCUT2D eigenvalue weighted by Crippen LogP contribution is 2.59. The Labute approximate surface area is 213 Å². The second-order valence-corrected chi connectivity index (χ2v) is 10.3. The zero-order valence-corrected chi connectivity index (χ0v) is 21.6. The van der Waals surface area contributed by atoms with Gasteiger partial charge in [0.1, 0.15) is 30.0 Å². The quantitative estimate of drug-likeness (QED) is 0.291. The number of ether oxygens (including phenoxy) is 5. The normalized spacial score (nSPS) is 32.3. The highest BCUT2D eigenvalue weighted by atomic mass is 16.6. The van der Waals surface area contributed by atoms with E-state index in [0.29, 0.717) is 18.6 Å². The molecule has 2 heterocycles. The van der Waals surface area contributed by atoms with Crippen molar-refractivity contribution >= 4 is 12.1 Å². The molecular formula is C28H37NO7. The van der Waals surface area contributed by atoms with Gasteiger partial charge in [-0.15, -0.1) is 0 Å². The van der Waals surface area contributed by atoms with E-state index in [1.54, 1.807) is 31.4 Å².